The molecule has 10 heteroatoms. The number of carboxylic acid groups (broad SMARTS) is 3. The van der Waals surface area contributed by atoms with Gasteiger partial charge in [0, 0.05) is 13.0 Å². The van der Waals surface area contributed by atoms with Crippen molar-refractivity contribution in [1.29, 1.82) is 0 Å². The highest BCUT2D eigenvalue weighted by atomic mass is 16.4. The Morgan fingerprint density at radius 1 is 0.639 bits per heavy atom. The summed E-state index contributed by atoms with van der Waals surface area (Å²) in [6.07, 6.45) is 19.1. The second-order valence-corrected chi connectivity index (χ2v) is 9.33. The van der Waals surface area contributed by atoms with E-state index < -0.39 is 36.4 Å². The van der Waals surface area contributed by atoms with E-state index in [1.807, 2.05) is 0 Å². The molecule has 0 fully saturated rings. The maximum atomic E-state index is 11.7. The Hall–Kier alpha value is -2.20. The number of aliphatic carboxylic acids is 3. The first-order valence-electron chi connectivity index (χ1n) is 13.6. The van der Waals surface area contributed by atoms with Crippen LogP contribution in [-0.4, -0.2) is 57.8 Å². The van der Waals surface area contributed by atoms with Gasteiger partial charge in [-0.25, -0.2) is 0 Å². The molecule has 0 aliphatic heterocycles. The van der Waals surface area contributed by atoms with Crippen molar-refractivity contribution in [2.45, 2.75) is 135 Å². The molecule has 0 aromatic rings. The predicted molar refractivity (Wildman–Crippen MR) is 141 cm³/mol. The van der Waals surface area contributed by atoms with Crippen LogP contribution < -0.4 is 16.8 Å². The van der Waals surface area contributed by atoms with E-state index in [1.165, 1.54) is 70.6 Å². The molecule has 0 radical (unpaired) electrons. The lowest BCUT2D eigenvalue weighted by Gasteiger charge is -2.07. The number of carbonyl (C=O) groups is 4. The minimum Gasteiger partial charge on any atom is -0.481 e. The molecular weight excluding hydrogens is 466 g/mol. The summed E-state index contributed by atoms with van der Waals surface area (Å²) in [5.74, 6) is -3.34. The summed E-state index contributed by atoms with van der Waals surface area (Å²) in [4.78, 5) is 41.9. The molecule has 0 saturated heterocycles. The Kier molecular flexibility index (Phi) is 25.9. The average Bonchev–Trinajstić information content (AvgIpc) is 2.81. The molecule has 10 nitrogen and oxygen atoms in total. The maximum Gasteiger partial charge on any atom is 0.321 e. The van der Waals surface area contributed by atoms with E-state index in [9.17, 15) is 19.2 Å². The van der Waals surface area contributed by atoms with Gasteiger partial charge in [-0.05, 0) is 25.7 Å². The molecule has 0 aromatic carbocycles. The zero-order chi connectivity index (χ0) is 27.6. The van der Waals surface area contributed by atoms with Crippen molar-refractivity contribution < 1.29 is 34.5 Å². The molecule has 0 unspecified atom stereocenters. The van der Waals surface area contributed by atoms with Crippen molar-refractivity contribution in [3.8, 4) is 0 Å². The second kappa shape index (κ2) is 25.9. The minimum absolute atomic E-state index is 0.112. The summed E-state index contributed by atoms with van der Waals surface area (Å²) in [7, 11) is 0. The lowest BCUT2D eigenvalue weighted by molar-refractivity contribution is -0.144. The van der Waals surface area contributed by atoms with Crippen molar-refractivity contribution in [3.05, 3.63) is 0 Å². The Bertz CT molecular complexity index is 588. The number of amides is 1. The van der Waals surface area contributed by atoms with Crippen LogP contribution in [0.4, 0.5) is 0 Å². The molecule has 8 N–H and O–H groups in total. The number of rotatable bonds is 23. The highest BCUT2D eigenvalue weighted by Crippen LogP contribution is 2.13. The van der Waals surface area contributed by atoms with Gasteiger partial charge in [-0.3, -0.25) is 19.2 Å². The van der Waals surface area contributed by atoms with Gasteiger partial charge >= 0.3 is 17.9 Å². The fourth-order valence-corrected chi connectivity index (χ4v) is 3.51. The van der Waals surface area contributed by atoms with E-state index >= 15 is 0 Å². The van der Waals surface area contributed by atoms with E-state index in [-0.39, 0.29) is 5.91 Å². The third-order valence-corrected chi connectivity index (χ3v) is 5.80. The monoisotopic (exact) mass is 517 g/mol. The molecule has 0 rings (SSSR count). The van der Waals surface area contributed by atoms with Gasteiger partial charge in [-0.2, -0.15) is 0 Å². The lowest BCUT2D eigenvalue weighted by Crippen LogP contribution is -2.32. The Balaban J connectivity index is 0. The Labute approximate surface area is 216 Å². The number of carbonyl (C=O) groups excluding carboxylic acids is 1. The molecule has 0 aliphatic rings. The SMILES string of the molecule is CCCCCCCCCCCCCCCC(=O)NCCCC[C@H](N)C(=O)O.N[C@@H](CC(=O)O)C(=O)O. The van der Waals surface area contributed by atoms with E-state index in [2.05, 4.69) is 12.2 Å². The zero-order valence-corrected chi connectivity index (χ0v) is 22.2. The van der Waals surface area contributed by atoms with Crippen molar-refractivity contribution in [2.24, 2.45) is 11.5 Å². The highest BCUT2D eigenvalue weighted by Gasteiger charge is 2.14. The first-order chi connectivity index (χ1) is 17.1. The molecule has 1 amide bonds. The molecule has 0 spiro atoms. The van der Waals surface area contributed by atoms with Crippen LogP contribution in [0.2, 0.25) is 0 Å². The van der Waals surface area contributed by atoms with Crippen LogP contribution >= 0.6 is 0 Å². The van der Waals surface area contributed by atoms with E-state index in [0.29, 0.717) is 19.4 Å². The molecule has 0 heterocycles. The minimum atomic E-state index is -1.29. The number of carboxylic acids is 3. The summed E-state index contributed by atoms with van der Waals surface area (Å²) >= 11 is 0. The van der Waals surface area contributed by atoms with E-state index in [4.69, 9.17) is 26.8 Å². The van der Waals surface area contributed by atoms with Crippen LogP contribution in [-0.2, 0) is 19.2 Å². The largest absolute Gasteiger partial charge is 0.481 e. The lowest BCUT2D eigenvalue weighted by atomic mass is 10.0. The fraction of sp³-hybridized carbons (Fsp3) is 0.846. The molecule has 0 saturated carbocycles. The smallest absolute Gasteiger partial charge is 0.321 e. The molecule has 0 aliphatic carbocycles. The van der Waals surface area contributed by atoms with E-state index in [1.54, 1.807) is 0 Å². The Morgan fingerprint density at radius 2 is 1.08 bits per heavy atom. The van der Waals surface area contributed by atoms with Gasteiger partial charge in [0.25, 0.3) is 0 Å². The van der Waals surface area contributed by atoms with Crippen molar-refractivity contribution in [1.82, 2.24) is 5.32 Å². The maximum absolute atomic E-state index is 11.7. The number of nitrogens with two attached hydrogens (primary N) is 2. The van der Waals surface area contributed by atoms with Gasteiger partial charge in [-0.15, -0.1) is 0 Å². The van der Waals surface area contributed by atoms with Crippen LogP contribution in [0.5, 0.6) is 0 Å². The van der Waals surface area contributed by atoms with E-state index in [0.717, 1.165) is 25.7 Å². The summed E-state index contributed by atoms with van der Waals surface area (Å²) in [6.45, 7) is 2.88. The van der Waals surface area contributed by atoms with Crippen LogP contribution in [0.1, 0.15) is 122 Å². The number of hydrogen-bond donors (Lipinski definition) is 6. The number of hydrogen-bond acceptors (Lipinski definition) is 6. The summed E-state index contributed by atoms with van der Waals surface area (Å²) in [5.41, 5.74) is 10.3. The van der Waals surface area contributed by atoms with Crippen molar-refractivity contribution in [3.63, 3.8) is 0 Å². The highest BCUT2D eigenvalue weighted by molar-refractivity contribution is 5.80. The first kappa shape index (κ1) is 36.0. The number of nitrogens with one attached hydrogen (secondary N) is 1. The first-order valence-corrected chi connectivity index (χ1v) is 13.6. The van der Waals surface area contributed by atoms with Gasteiger partial charge < -0.3 is 32.1 Å². The zero-order valence-electron chi connectivity index (χ0n) is 22.2. The Morgan fingerprint density at radius 3 is 1.47 bits per heavy atom. The van der Waals surface area contributed by atoms with Crippen molar-refractivity contribution in [2.75, 3.05) is 6.54 Å². The normalized spacial score (nSPS) is 12.2. The van der Waals surface area contributed by atoms with Crippen LogP contribution in [0.15, 0.2) is 0 Å². The van der Waals surface area contributed by atoms with Gasteiger partial charge in [0.1, 0.15) is 12.1 Å². The summed E-state index contributed by atoms with van der Waals surface area (Å²) in [6, 6.07) is -2.08. The molecule has 0 aromatic heterocycles. The third kappa shape index (κ3) is 28.0. The van der Waals surface area contributed by atoms with Gasteiger partial charge in [-0.1, -0.05) is 84.0 Å². The topological polar surface area (TPSA) is 193 Å². The fourth-order valence-electron chi connectivity index (χ4n) is 3.51. The average molecular weight is 518 g/mol. The molecule has 2 atom stereocenters. The van der Waals surface area contributed by atoms with Crippen molar-refractivity contribution >= 4 is 23.8 Å². The number of unbranched alkanes of at least 4 members (excludes halogenated alkanes) is 13. The molecular formula is C26H51N3O7. The van der Waals surface area contributed by atoms with Gasteiger partial charge in [0.05, 0.1) is 6.42 Å². The quantitative estimate of drug-likeness (QED) is 0.108. The summed E-state index contributed by atoms with van der Waals surface area (Å²) in [5, 5.41) is 27.6. The molecule has 0 bridgehead atoms. The predicted octanol–water partition coefficient (Wildman–Crippen LogP) is 4.04. The second-order valence-electron chi connectivity index (χ2n) is 9.33. The van der Waals surface area contributed by atoms with Crippen LogP contribution in [0, 0.1) is 0 Å². The molecule has 212 valence electrons. The van der Waals surface area contributed by atoms with Gasteiger partial charge in [0.2, 0.25) is 5.91 Å². The standard InChI is InChI=1S/C22H44N2O3.C4H7NO4/c1-2-3-4-5-6-7-8-9-10-11-12-13-14-18-21(25)24-19-16-15-17-20(23)22(26)27;5-2(4(8)9)1-3(6)7/h20H,2-19,23H2,1H3,(H,24,25)(H,26,27);2H,1,5H2,(H,6,7)(H,8,9)/t20-;2-/m00/s1. The van der Waals surface area contributed by atoms with Crippen LogP contribution in [0.25, 0.3) is 0 Å². The molecule has 36 heavy (non-hydrogen) atoms. The third-order valence-electron chi connectivity index (χ3n) is 5.80. The van der Waals surface area contributed by atoms with Crippen LogP contribution in [0.3, 0.4) is 0 Å². The van der Waals surface area contributed by atoms with Gasteiger partial charge in [0.15, 0.2) is 0 Å². The summed E-state index contributed by atoms with van der Waals surface area (Å²) < 4.78 is 0.